The number of rotatable bonds is 16. The predicted octanol–water partition coefficient (Wildman–Crippen LogP) is 4.22. The Bertz CT molecular complexity index is 1170. The molecule has 0 saturated carbocycles. The zero-order valence-electron chi connectivity index (χ0n) is 25.3. The molecule has 2 aromatic rings. The van der Waals surface area contributed by atoms with Crippen LogP contribution in [0.4, 0.5) is 13.6 Å². The fourth-order valence-electron chi connectivity index (χ4n) is 5.30. The number of carbonyl (C=O) groups excluding carboxylic acids is 2. The summed E-state index contributed by atoms with van der Waals surface area (Å²) in [6.45, 7) is 4.95. The van der Waals surface area contributed by atoms with Gasteiger partial charge in [-0.05, 0) is 54.5 Å². The molecule has 1 fully saturated rings. The zero-order chi connectivity index (χ0) is 31.4. The molecule has 1 aliphatic rings. The molecule has 11 heteroatoms. The van der Waals surface area contributed by atoms with Gasteiger partial charge in [-0.2, -0.15) is 0 Å². The number of unbranched alkanes of at least 4 members (excludes halogenated alkanes) is 1. The van der Waals surface area contributed by atoms with E-state index in [4.69, 9.17) is 19.9 Å². The van der Waals surface area contributed by atoms with Crippen molar-refractivity contribution < 1.29 is 37.7 Å². The number of aliphatic hydroxyl groups excluding tert-OH is 1. The van der Waals surface area contributed by atoms with Crippen LogP contribution in [0.2, 0.25) is 0 Å². The number of nitrogens with two attached hydrogens (primary N) is 1. The second-order valence-corrected chi connectivity index (χ2v) is 11.0. The molecule has 1 heterocycles. The van der Waals surface area contributed by atoms with Crippen molar-refractivity contribution in [2.45, 2.75) is 89.3 Å². The van der Waals surface area contributed by atoms with Gasteiger partial charge in [-0.1, -0.05) is 44.5 Å². The minimum Gasteiger partial charge on any atom is -0.453 e. The third kappa shape index (κ3) is 10.5. The average Bonchev–Trinajstić information content (AvgIpc) is 3.45. The lowest BCUT2D eigenvalue weighted by Gasteiger charge is -2.33. The van der Waals surface area contributed by atoms with E-state index in [9.17, 15) is 23.5 Å². The molecule has 43 heavy (non-hydrogen) atoms. The van der Waals surface area contributed by atoms with Gasteiger partial charge in [0.1, 0.15) is 17.7 Å². The summed E-state index contributed by atoms with van der Waals surface area (Å²) in [5.41, 5.74) is 8.46. The molecule has 3 atom stereocenters. The molecule has 9 nitrogen and oxygen atoms in total. The molecule has 2 aromatic carbocycles. The summed E-state index contributed by atoms with van der Waals surface area (Å²) in [4.78, 5) is 27.9. The summed E-state index contributed by atoms with van der Waals surface area (Å²) >= 11 is 0. The highest BCUT2D eigenvalue weighted by atomic mass is 19.1. The number of benzene rings is 2. The second-order valence-electron chi connectivity index (χ2n) is 11.0. The van der Waals surface area contributed by atoms with Gasteiger partial charge in [0.2, 0.25) is 5.91 Å². The third-order valence-corrected chi connectivity index (χ3v) is 7.69. The number of alkyl carbamates (subject to hydrolysis) is 1. The van der Waals surface area contributed by atoms with Crippen LogP contribution in [0.25, 0.3) is 0 Å². The van der Waals surface area contributed by atoms with E-state index in [1.54, 1.807) is 0 Å². The van der Waals surface area contributed by atoms with Gasteiger partial charge in [-0.3, -0.25) is 4.79 Å². The Balaban J connectivity index is 1.84. The smallest absolute Gasteiger partial charge is 0.407 e. The first kappa shape index (κ1) is 34.4. The van der Waals surface area contributed by atoms with Crippen molar-refractivity contribution in [2.75, 3.05) is 26.9 Å². The molecular weight excluding hydrogens is 560 g/mol. The molecule has 4 N–H and O–H groups in total. The van der Waals surface area contributed by atoms with Crippen molar-refractivity contribution >= 4 is 12.0 Å². The number of aryl methyl sites for hydroxylation is 1. The number of hydrogen-bond acceptors (Lipinski definition) is 7. The van der Waals surface area contributed by atoms with Crippen LogP contribution >= 0.6 is 0 Å². The van der Waals surface area contributed by atoms with Crippen molar-refractivity contribution in [2.24, 2.45) is 5.73 Å². The van der Waals surface area contributed by atoms with E-state index in [-0.39, 0.29) is 31.5 Å². The van der Waals surface area contributed by atoms with Crippen molar-refractivity contribution in [3.05, 3.63) is 70.8 Å². The van der Waals surface area contributed by atoms with E-state index < -0.39 is 47.6 Å². The number of nitrogens with one attached hydrogen (secondary N) is 1. The van der Waals surface area contributed by atoms with Crippen LogP contribution < -0.4 is 11.1 Å². The summed E-state index contributed by atoms with van der Waals surface area (Å²) < 4.78 is 44.2. The Morgan fingerprint density at radius 3 is 2.37 bits per heavy atom. The molecule has 2 amide bonds. The number of hydrogen-bond donors (Lipinski definition) is 3. The fraction of sp³-hybridized carbons (Fsp3) is 0.562. The fourth-order valence-corrected chi connectivity index (χ4v) is 5.30. The molecule has 1 aliphatic heterocycles. The first-order chi connectivity index (χ1) is 20.6. The van der Waals surface area contributed by atoms with Crippen LogP contribution in [0.1, 0.15) is 62.6 Å². The number of methoxy groups -OCH3 is 1. The molecule has 0 radical (unpaired) electrons. The maximum atomic E-state index is 14.1. The molecular formula is C32H45F2N3O6. The van der Waals surface area contributed by atoms with Crippen molar-refractivity contribution in [3.63, 3.8) is 0 Å². The van der Waals surface area contributed by atoms with Crippen LogP contribution in [-0.4, -0.2) is 72.8 Å². The van der Waals surface area contributed by atoms with E-state index in [2.05, 4.69) is 12.2 Å². The highest BCUT2D eigenvalue weighted by molar-refractivity contribution is 5.85. The summed E-state index contributed by atoms with van der Waals surface area (Å²) in [7, 11) is 1.22. The molecule has 0 spiro atoms. The van der Waals surface area contributed by atoms with E-state index in [0.29, 0.717) is 26.1 Å². The zero-order valence-corrected chi connectivity index (χ0v) is 25.3. The SMILES string of the molecule is CCCCC1(CC[C@@H](NC(=O)OC)C(=O)N(Cc2cccc(CC)c2)C[C@@H](O)[C@@H](N)Cc2cc(F)cc(F)c2)OCCO1. The minimum absolute atomic E-state index is 0.0122. The van der Waals surface area contributed by atoms with E-state index in [0.717, 1.165) is 48.6 Å². The van der Waals surface area contributed by atoms with E-state index in [1.165, 1.54) is 12.0 Å². The largest absolute Gasteiger partial charge is 0.453 e. The molecule has 0 bridgehead atoms. The molecule has 0 aromatic heterocycles. The highest BCUT2D eigenvalue weighted by Crippen LogP contribution is 2.31. The Labute approximate surface area is 252 Å². The Morgan fingerprint density at radius 1 is 1.07 bits per heavy atom. The predicted molar refractivity (Wildman–Crippen MR) is 158 cm³/mol. The molecule has 0 aliphatic carbocycles. The quantitative estimate of drug-likeness (QED) is 0.262. The van der Waals surface area contributed by atoms with Crippen LogP contribution in [-0.2, 0) is 38.4 Å². The van der Waals surface area contributed by atoms with E-state index in [1.807, 2.05) is 31.2 Å². The third-order valence-electron chi connectivity index (χ3n) is 7.69. The summed E-state index contributed by atoms with van der Waals surface area (Å²) in [5, 5.41) is 13.8. The number of carbonyl (C=O) groups is 2. The first-order valence-electron chi connectivity index (χ1n) is 15.0. The number of amides is 2. The molecule has 1 saturated heterocycles. The van der Waals surface area contributed by atoms with Gasteiger partial charge in [0.15, 0.2) is 5.79 Å². The molecule has 0 unspecified atom stereocenters. The van der Waals surface area contributed by atoms with Crippen LogP contribution in [0, 0.1) is 11.6 Å². The minimum atomic E-state index is -1.24. The average molecular weight is 606 g/mol. The van der Waals surface area contributed by atoms with Crippen LogP contribution in [0.5, 0.6) is 0 Å². The number of halogens is 2. The van der Waals surface area contributed by atoms with Crippen LogP contribution in [0.3, 0.4) is 0 Å². The normalized spacial score (nSPS) is 16.3. The van der Waals surface area contributed by atoms with Gasteiger partial charge >= 0.3 is 6.09 Å². The summed E-state index contributed by atoms with van der Waals surface area (Å²) in [5.74, 6) is -2.77. The molecule has 238 valence electrons. The lowest BCUT2D eigenvalue weighted by atomic mass is 9.98. The van der Waals surface area contributed by atoms with Gasteiger partial charge in [-0.15, -0.1) is 0 Å². The van der Waals surface area contributed by atoms with E-state index >= 15 is 0 Å². The van der Waals surface area contributed by atoms with Gasteiger partial charge in [0.25, 0.3) is 0 Å². The Kier molecular flexibility index (Phi) is 13.3. The van der Waals surface area contributed by atoms with Crippen molar-refractivity contribution in [1.82, 2.24) is 10.2 Å². The number of aliphatic hydroxyl groups is 1. The number of ether oxygens (including phenoxy) is 3. The summed E-state index contributed by atoms with van der Waals surface area (Å²) in [6.07, 6.45) is 1.82. The lowest BCUT2D eigenvalue weighted by Crippen LogP contribution is -2.53. The second kappa shape index (κ2) is 16.7. The summed E-state index contributed by atoms with van der Waals surface area (Å²) in [6, 6.07) is 8.88. The lowest BCUT2D eigenvalue weighted by molar-refractivity contribution is -0.170. The highest BCUT2D eigenvalue weighted by Gasteiger charge is 2.38. The molecule has 3 rings (SSSR count). The van der Waals surface area contributed by atoms with Crippen molar-refractivity contribution in [3.8, 4) is 0 Å². The Morgan fingerprint density at radius 2 is 1.74 bits per heavy atom. The number of nitrogens with zero attached hydrogens (tertiary/aromatic N) is 1. The maximum absolute atomic E-state index is 14.1. The van der Waals surface area contributed by atoms with Gasteiger partial charge in [0.05, 0.1) is 26.4 Å². The monoisotopic (exact) mass is 605 g/mol. The van der Waals surface area contributed by atoms with Gasteiger partial charge < -0.3 is 35.3 Å². The first-order valence-corrected chi connectivity index (χ1v) is 15.0. The van der Waals surface area contributed by atoms with Gasteiger partial charge in [-0.25, -0.2) is 13.6 Å². The standard InChI is InChI=1S/C32H45F2N3O6/c1-4-6-11-32(42-13-14-43-32)12-10-28(36-31(40)41-3)30(39)37(20-23-9-7-8-22(5-2)15-23)21-29(38)27(35)18-24-16-25(33)19-26(34)17-24/h7-9,15-17,19,27-29,38H,4-6,10-14,18,20-21,35H2,1-3H3,(H,36,40)/t27-,28+,29+/m0/s1. The van der Waals surface area contributed by atoms with Crippen molar-refractivity contribution in [1.29, 1.82) is 0 Å². The Hall–Kier alpha value is -3.12. The van der Waals surface area contributed by atoms with Gasteiger partial charge in [0, 0.05) is 38.0 Å². The maximum Gasteiger partial charge on any atom is 0.407 e. The topological polar surface area (TPSA) is 123 Å². The van der Waals surface area contributed by atoms with Crippen LogP contribution in [0.15, 0.2) is 42.5 Å².